The second kappa shape index (κ2) is 8.20. The number of rotatable bonds is 7. The van der Waals surface area contributed by atoms with E-state index in [1.165, 1.54) is 24.3 Å². The van der Waals surface area contributed by atoms with Gasteiger partial charge in [0, 0.05) is 30.8 Å². The van der Waals surface area contributed by atoms with Crippen molar-refractivity contribution in [2.24, 2.45) is 0 Å². The van der Waals surface area contributed by atoms with Crippen molar-refractivity contribution in [1.29, 1.82) is 0 Å². The Morgan fingerprint density at radius 2 is 2.00 bits per heavy atom. The second-order valence-electron chi connectivity index (χ2n) is 6.50. The zero-order chi connectivity index (χ0) is 19.4. The monoisotopic (exact) mass is 393 g/mol. The third kappa shape index (κ3) is 4.74. The first-order chi connectivity index (χ1) is 12.9. The van der Waals surface area contributed by atoms with Crippen molar-refractivity contribution >= 4 is 15.9 Å². The van der Waals surface area contributed by atoms with Crippen LogP contribution in [0.2, 0.25) is 0 Å². The summed E-state index contributed by atoms with van der Waals surface area (Å²) >= 11 is 0. The molecule has 2 N–H and O–H groups in total. The van der Waals surface area contributed by atoms with Gasteiger partial charge < -0.3 is 14.6 Å². The molecule has 2 heterocycles. The Bertz CT molecular complexity index is 880. The molecular formula is C18H23N3O5S. The van der Waals surface area contributed by atoms with Crippen molar-refractivity contribution in [3.63, 3.8) is 0 Å². The lowest BCUT2D eigenvalue weighted by atomic mass is 10.2. The van der Waals surface area contributed by atoms with Crippen LogP contribution in [-0.2, 0) is 21.3 Å². The van der Waals surface area contributed by atoms with E-state index in [0.29, 0.717) is 24.5 Å². The average Bonchev–Trinajstić information content (AvgIpc) is 3.29. The van der Waals surface area contributed by atoms with Gasteiger partial charge in [0.05, 0.1) is 16.7 Å². The number of aryl methyl sites for hydroxylation is 2. The van der Waals surface area contributed by atoms with Crippen LogP contribution in [0, 0.1) is 13.8 Å². The van der Waals surface area contributed by atoms with Gasteiger partial charge in [-0.1, -0.05) is 5.16 Å². The first-order valence-electron chi connectivity index (χ1n) is 8.78. The van der Waals surface area contributed by atoms with Crippen molar-refractivity contribution in [3.8, 4) is 0 Å². The number of nitrogens with zero attached hydrogens (tertiary/aromatic N) is 1. The van der Waals surface area contributed by atoms with Gasteiger partial charge in [0.2, 0.25) is 10.0 Å². The first kappa shape index (κ1) is 19.5. The first-order valence-corrected chi connectivity index (χ1v) is 10.3. The lowest BCUT2D eigenvalue weighted by molar-refractivity contribution is 0.0950. The quantitative estimate of drug-likeness (QED) is 0.740. The zero-order valence-corrected chi connectivity index (χ0v) is 16.1. The van der Waals surface area contributed by atoms with E-state index >= 15 is 0 Å². The highest BCUT2D eigenvalue weighted by Crippen LogP contribution is 2.15. The molecule has 1 atom stereocenters. The van der Waals surface area contributed by atoms with E-state index in [2.05, 4.69) is 15.2 Å². The summed E-state index contributed by atoms with van der Waals surface area (Å²) in [6.07, 6.45) is 1.73. The number of amides is 1. The molecular weight excluding hydrogens is 370 g/mol. The van der Waals surface area contributed by atoms with Crippen molar-refractivity contribution in [3.05, 3.63) is 46.8 Å². The number of carbonyl (C=O) groups excluding carboxylic acids is 1. The van der Waals surface area contributed by atoms with Crippen LogP contribution in [0.5, 0.6) is 0 Å². The van der Waals surface area contributed by atoms with Crippen LogP contribution in [0.25, 0.3) is 0 Å². The molecule has 146 valence electrons. The van der Waals surface area contributed by atoms with E-state index < -0.39 is 10.0 Å². The standard InChI is InChI=1S/C18H23N3O5S/c1-12-17(13(2)26-21-12)11-19-18(22)14-5-7-16(8-6-14)27(23,24)20-10-15-4-3-9-25-15/h5-8,15,20H,3-4,9-11H2,1-2H3,(H,19,22). The molecule has 0 bridgehead atoms. The Kier molecular flexibility index (Phi) is 5.93. The summed E-state index contributed by atoms with van der Waals surface area (Å²) in [5, 5.41) is 6.63. The topological polar surface area (TPSA) is 111 Å². The summed E-state index contributed by atoms with van der Waals surface area (Å²) < 4.78 is 37.7. The molecule has 1 aliphatic heterocycles. The minimum atomic E-state index is -3.63. The Hall–Kier alpha value is -2.23. The zero-order valence-electron chi connectivity index (χ0n) is 15.3. The van der Waals surface area contributed by atoms with Crippen LogP contribution in [0.15, 0.2) is 33.7 Å². The van der Waals surface area contributed by atoms with Crippen LogP contribution >= 0.6 is 0 Å². The summed E-state index contributed by atoms with van der Waals surface area (Å²) in [6.45, 7) is 4.81. The van der Waals surface area contributed by atoms with Gasteiger partial charge in [-0.3, -0.25) is 4.79 Å². The molecule has 2 aromatic rings. The lowest BCUT2D eigenvalue weighted by Gasteiger charge is -2.11. The molecule has 1 aliphatic rings. The van der Waals surface area contributed by atoms with Gasteiger partial charge in [-0.05, 0) is 51.0 Å². The Labute approximate surface area is 158 Å². The molecule has 1 unspecified atom stereocenters. The maximum atomic E-state index is 12.3. The molecule has 27 heavy (non-hydrogen) atoms. The lowest BCUT2D eigenvalue weighted by Crippen LogP contribution is -2.31. The van der Waals surface area contributed by atoms with Crippen molar-refractivity contribution in [1.82, 2.24) is 15.2 Å². The number of aromatic nitrogens is 1. The Balaban J connectivity index is 1.59. The molecule has 8 nitrogen and oxygen atoms in total. The summed E-state index contributed by atoms with van der Waals surface area (Å²) in [6, 6.07) is 5.82. The third-order valence-corrected chi connectivity index (χ3v) is 6.00. The number of benzene rings is 1. The molecule has 1 aromatic carbocycles. The van der Waals surface area contributed by atoms with Crippen LogP contribution in [0.1, 0.15) is 40.2 Å². The van der Waals surface area contributed by atoms with E-state index in [-0.39, 0.29) is 23.5 Å². The molecule has 0 saturated carbocycles. The minimum absolute atomic E-state index is 0.0749. The molecule has 0 aliphatic carbocycles. The maximum absolute atomic E-state index is 12.3. The molecule has 9 heteroatoms. The summed E-state index contributed by atoms with van der Waals surface area (Å²) in [4.78, 5) is 12.4. The van der Waals surface area contributed by atoms with Crippen LogP contribution in [-0.4, -0.2) is 38.7 Å². The smallest absolute Gasteiger partial charge is 0.251 e. The number of nitrogens with one attached hydrogen (secondary N) is 2. The van der Waals surface area contributed by atoms with E-state index in [9.17, 15) is 13.2 Å². The van der Waals surface area contributed by atoms with Gasteiger partial charge in [0.1, 0.15) is 5.76 Å². The summed E-state index contributed by atoms with van der Waals surface area (Å²) in [7, 11) is -3.63. The molecule has 1 aromatic heterocycles. The molecule has 0 radical (unpaired) electrons. The predicted molar refractivity (Wildman–Crippen MR) is 97.8 cm³/mol. The number of carbonyl (C=O) groups is 1. The molecule has 1 amide bonds. The summed E-state index contributed by atoms with van der Waals surface area (Å²) in [5.41, 5.74) is 1.94. The number of hydrogen-bond acceptors (Lipinski definition) is 6. The van der Waals surface area contributed by atoms with Gasteiger partial charge in [0.25, 0.3) is 5.91 Å². The fraction of sp³-hybridized carbons (Fsp3) is 0.444. The number of ether oxygens (including phenoxy) is 1. The van der Waals surface area contributed by atoms with Crippen LogP contribution < -0.4 is 10.0 Å². The van der Waals surface area contributed by atoms with Gasteiger partial charge in [-0.25, -0.2) is 13.1 Å². The second-order valence-corrected chi connectivity index (χ2v) is 8.26. The van der Waals surface area contributed by atoms with Gasteiger partial charge in [0.15, 0.2) is 0 Å². The van der Waals surface area contributed by atoms with Crippen molar-refractivity contribution in [2.45, 2.75) is 44.2 Å². The minimum Gasteiger partial charge on any atom is -0.377 e. The van der Waals surface area contributed by atoms with E-state index in [4.69, 9.17) is 9.26 Å². The highest BCUT2D eigenvalue weighted by Gasteiger charge is 2.20. The van der Waals surface area contributed by atoms with Gasteiger partial charge in [-0.2, -0.15) is 0 Å². The predicted octanol–water partition coefficient (Wildman–Crippen LogP) is 1.68. The highest BCUT2D eigenvalue weighted by atomic mass is 32.2. The van der Waals surface area contributed by atoms with Gasteiger partial charge in [-0.15, -0.1) is 0 Å². The normalized spacial score (nSPS) is 17.2. The highest BCUT2D eigenvalue weighted by molar-refractivity contribution is 7.89. The largest absolute Gasteiger partial charge is 0.377 e. The van der Waals surface area contributed by atoms with Crippen molar-refractivity contribution < 1.29 is 22.5 Å². The Morgan fingerprint density at radius 3 is 2.59 bits per heavy atom. The van der Waals surface area contributed by atoms with Crippen LogP contribution in [0.3, 0.4) is 0 Å². The van der Waals surface area contributed by atoms with E-state index in [0.717, 1.165) is 24.1 Å². The number of sulfonamides is 1. The van der Waals surface area contributed by atoms with E-state index in [1.54, 1.807) is 13.8 Å². The summed E-state index contributed by atoms with van der Waals surface area (Å²) in [5.74, 6) is 0.359. The molecule has 1 saturated heterocycles. The Morgan fingerprint density at radius 1 is 1.26 bits per heavy atom. The van der Waals surface area contributed by atoms with Crippen molar-refractivity contribution in [2.75, 3.05) is 13.2 Å². The average molecular weight is 393 g/mol. The van der Waals surface area contributed by atoms with Crippen LogP contribution in [0.4, 0.5) is 0 Å². The molecule has 0 spiro atoms. The van der Waals surface area contributed by atoms with Gasteiger partial charge >= 0.3 is 0 Å². The fourth-order valence-corrected chi connectivity index (χ4v) is 3.97. The number of hydrogen-bond donors (Lipinski definition) is 2. The maximum Gasteiger partial charge on any atom is 0.251 e. The fourth-order valence-electron chi connectivity index (χ4n) is 2.90. The van der Waals surface area contributed by atoms with E-state index in [1.807, 2.05) is 0 Å². The molecule has 3 rings (SSSR count). The third-order valence-electron chi connectivity index (χ3n) is 4.56. The SMILES string of the molecule is Cc1noc(C)c1CNC(=O)c1ccc(S(=O)(=O)NCC2CCCO2)cc1. The molecule has 1 fully saturated rings.